The highest BCUT2D eigenvalue weighted by Crippen LogP contribution is 2.35. The maximum atomic E-state index is 5.13. The van der Waals surface area contributed by atoms with E-state index in [1.165, 1.54) is 4.70 Å². The Morgan fingerprint density at radius 1 is 1.58 bits per heavy atom. The Kier molecular flexibility index (Phi) is 2.02. The van der Waals surface area contributed by atoms with Crippen LogP contribution < -0.4 is 4.74 Å². The number of nitrogens with zero attached hydrogens (tertiary/aromatic N) is 1. The quantitative estimate of drug-likeness (QED) is 0.769. The number of thiophene rings is 1. The molecule has 0 N–H and O–H groups in total. The van der Waals surface area contributed by atoms with Gasteiger partial charge in [0.05, 0.1) is 12.5 Å². The summed E-state index contributed by atoms with van der Waals surface area (Å²) in [6.45, 7) is 0. The molecule has 0 saturated heterocycles. The second kappa shape index (κ2) is 3.03. The molecule has 0 aliphatic heterocycles. The van der Waals surface area contributed by atoms with Crippen LogP contribution in [0.2, 0.25) is 0 Å². The number of halogens is 1. The topological polar surface area (TPSA) is 22.1 Å². The summed E-state index contributed by atoms with van der Waals surface area (Å²) in [5.41, 5.74) is 0. The Morgan fingerprint density at radius 3 is 3.17 bits per heavy atom. The van der Waals surface area contributed by atoms with Gasteiger partial charge in [-0.1, -0.05) is 0 Å². The molecule has 0 unspecified atom stereocenters. The molecule has 0 aliphatic carbocycles. The first kappa shape index (κ1) is 8.01. The number of aromatic nitrogens is 1. The van der Waals surface area contributed by atoms with E-state index >= 15 is 0 Å². The predicted octanol–water partition coefficient (Wildman–Crippen LogP) is 3.07. The molecule has 0 aromatic carbocycles. The lowest BCUT2D eigenvalue weighted by Gasteiger charge is -1.99. The second-order valence-corrected chi connectivity index (χ2v) is 4.04. The monoisotopic (exact) mass is 243 g/mol. The van der Waals surface area contributed by atoms with Crippen molar-refractivity contribution in [2.75, 3.05) is 7.11 Å². The standard InChI is InChI=1S/C8H6BrNOS/c1-11-8-7-5(9)4-12-6(7)2-3-10-8/h2-4H,1H3. The summed E-state index contributed by atoms with van der Waals surface area (Å²) in [5.74, 6) is 0.681. The van der Waals surface area contributed by atoms with Gasteiger partial charge in [-0.3, -0.25) is 0 Å². The Morgan fingerprint density at radius 2 is 2.42 bits per heavy atom. The van der Waals surface area contributed by atoms with E-state index in [2.05, 4.69) is 20.9 Å². The van der Waals surface area contributed by atoms with Crippen LogP contribution in [0.1, 0.15) is 0 Å². The summed E-state index contributed by atoms with van der Waals surface area (Å²) >= 11 is 5.13. The van der Waals surface area contributed by atoms with E-state index in [-0.39, 0.29) is 0 Å². The first-order valence-electron chi connectivity index (χ1n) is 3.38. The van der Waals surface area contributed by atoms with Gasteiger partial charge in [0.1, 0.15) is 0 Å². The van der Waals surface area contributed by atoms with Gasteiger partial charge in [0, 0.05) is 20.7 Å². The van der Waals surface area contributed by atoms with E-state index in [9.17, 15) is 0 Å². The fourth-order valence-electron chi connectivity index (χ4n) is 1.07. The van der Waals surface area contributed by atoms with E-state index in [0.717, 1.165) is 9.86 Å². The van der Waals surface area contributed by atoms with Crippen LogP contribution >= 0.6 is 27.3 Å². The molecule has 2 aromatic heterocycles. The minimum absolute atomic E-state index is 0.681. The van der Waals surface area contributed by atoms with Crippen LogP contribution in [0, 0.1) is 0 Å². The highest BCUT2D eigenvalue weighted by atomic mass is 79.9. The highest BCUT2D eigenvalue weighted by molar-refractivity contribution is 9.10. The molecular formula is C8H6BrNOS. The van der Waals surface area contributed by atoms with E-state index in [4.69, 9.17) is 4.74 Å². The van der Waals surface area contributed by atoms with Crippen molar-refractivity contribution < 1.29 is 4.74 Å². The molecule has 0 bridgehead atoms. The number of ether oxygens (including phenoxy) is 1. The Bertz CT molecular complexity index is 412. The van der Waals surface area contributed by atoms with E-state index in [1.807, 2.05) is 11.4 Å². The normalized spacial score (nSPS) is 10.5. The molecule has 2 aromatic rings. The Balaban J connectivity index is 2.84. The summed E-state index contributed by atoms with van der Waals surface area (Å²) in [6, 6.07) is 1.98. The first-order chi connectivity index (χ1) is 5.83. The van der Waals surface area contributed by atoms with Crippen molar-refractivity contribution >= 4 is 37.4 Å². The zero-order chi connectivity index (χ0) is 8.55. The minimum Gasteiger partial charge on any atom is -0.480 e. The average molecular weight is 244 g/mol. The van der Waals surface area contributed by atoms with Crippen molar-refractivity contribution in [3.63, 3.8) is 0 Å². The Hall–Kier alpha value is -0.610. The third-order valence-corrected chi connectivity index (χ3v) is 3.48. The lowest BCUT2D eigenvalue weighted by Crippen LogP contribution is -1.86. The van der Waals surface area contributed by atoms with Crippen LogP contribution in [0.15, 0.2) is 22.1 Å². The first-order valence-corrected chi connectivity index (χ1v) is 5.06. The summed E-state index contributed by atoms with van der Waals surface area (Å²) < 4.78 is 7.37. The summed E-state index contributed by atoms with van der Waals surface area (Å²) in [4.78, 5) is 4.11. The second-order valence-electron chi connectivity index (χ2n) is 2.28. The van der Waals surface area contributed by atoms with Crippen molar-refractivity contribution in [3.05, 3.63) is 22.1 Å². The number of hydrogen-bond acceptors (Lipinski definition) is 3. The molecule has 0 saturated carbocycles. The number of methoxy groups -OCH3 is 1. The van der Waals surface area contributed by atoms with Crippen LogP contribution in [-0.4, -0.2) is 12.1 Å². The van der Waals surface area contributed by atoms with Gasteiger partial charge < -0.3 is 4.74 Å². The summed E-state index contributed by atoms with van der Waals surface area (Å²) in [6.07, 6.45) is 1.75. The van der Waals surface area contributed by atoms with Gasteiger partial charge in [0.15, 0.2) is 0 Å². The molecule has 0 atom stereocenters. The molecule has 62 valence electrons. The van der Waals surface area contributed by atoms with Gasteiger partial charge in [-0.05, 0) is 22.0 Å². The molecule has 0 radical (unpaired) electrons. The maximum Gasteiger partial charge on any atom is 0.223 e. The molecular weight excluding hydrogens is 238 g/mol. The lowest BCUT2D eigenvalue weighted by atomic mass is 10.3. The van der Waals surface area contributed by atoms with Gasteiger partial charge >= 0.3 is 0 Å². The van der Waals surface area contributed by atoms with E-state index in [1.54, 1.807) is 24.6 Å². The minimum atomic E-state index is 0.681. The number of pyridine rings is 1. The molecule has 4 heteroatoms. The average Bonchev–Trinajstić information content (AvgIpc) is 2.48. The largest absolute Gasteiger partial charge is 0.480 e. The van der Waals surface area contributed by atoms with Gasteiger partial charge in [-0.25, -0.2) is 4.98 Å². The molecule has 0 aliphatic rings. The zero-order valence-corrected chi connectivity index (χ0v) is 8.78. The smallest absolute Gasteiger partial charge is 0.223 e. The molecule has 0 amide bonds. The fraction of sp³-hybridized carbons (Fsp3) is 0.125. The predicted molar refractivity (Wildman–Crippen MR) is 53.9 cm³/mol. The van der Waals surface area contributed by atoms with Crippen molar-refractivity contribution in [2.45, 2.75) is 0 Å². The van der Waals surface area contributed by atoms with Crippen molar-refractivity contribution in [1.29, 1.82) is 0 Å². The van der Waals surface area contributed by atoms with E-state index in [0.29, 0.717) is 5.88 Å². The number of hydrogen-bond donors (Lipinski definition) is 0. The molecule has 2 nitrogen and oxygen atoms in total. The van der Waals surface area contributed by atoms with Crippen LogP contribution in [-0.2, 0) is 0 Å². The molecule has 12 heavy (non-hydrogen) atoms. The summed E-state index contributed by atoms with van der Waals surface area (Å²) in [7, 11) is 1.63. The number of fused-ring (bicyclic) bond motifs is 1. The van der Waals surface area contributed by atoms with Gasteiger partial charge in [-0.2, -0.15) is 0 Å². The summed E-state index contributed by atoms with van der Waals surface area (Å²) in [5, 5.41) is 3.10. The van der Waals surface area contributed by atoms with Crippen molar-refractivity contribution in [2.24, 2.45) is 0 Å². The SMILES string of the molecule is COc1nccc2scc(Br)c12. The van der Waals surface area contributed by atoms with Crippen LogP contribution in [0.4, 0.5) is 0 Å². The molecule has 0 spiro atoms. The van der Waals surface area contributed by atoms with Crippen molar-refractivity contribution in [1.82, 2.24) is 4.98 Å². The van der Waals surface area contributed by atoms with Crippen LogP contribution in [0.25, 0.3) is 10.1 Å². The number of rotatable bonds is 1. The third-order valence-electron chi connectivity index (χ3n) is 1.60. The Labute approximate surface area is 82.3 Å². The van der Waals surface area contributed by atoms with Crippen LogP contribution in [0.3, 0.4) is 0 Å². The van der Waals surface area contributed by atoms with Gasteiger partial charge in [0.25, 0.3) is 0 Å². The molecule has 2 rings (SSSR count). The van der Waals surface area contributed by atoms with Crippen LogP contribution in [0.5, 0.6) is 5.88 Å². The van der Waals surface area contributed by atoms with Gasteiger partial charge in [-0.15, -0.1) is 11.3 Å². The zero-order valence-electron chi connectivity index (χ0n) is 6.37. The van der Waals surface area contributed by atoms with Gasteiger partial charge in [0.2, 0.25) is 5.88 Å². The highest BCUT2D eigenvalue weighted by Gasteiger charge is 2.07. The lowest BCUT2D eigenvalue weighted by molar-refractivity contribution is 0.403. The maximum absolute atomic E-state index is 5.13. The third kappa shape index (κ3) is 1.11. The van der Waals surface area contributed by atoms with Crippen molar-refractivity contribution in [3.8, 4) is 5.88 Å². The fourth-order valence-corrected chi connectivity index (χ4v) is 2.67. The van der Waals surface area contributed by atoms with E-state index < -0.39 is 0 Å². The molecule has 2 heterocycles. The molecule has 0 fully saturated rings.